The van der Waals surface area contributed by atoms with Crippen LogP contribution >= 0.6 is 0 Å². The molecule has 3 aromatic carbocycles. The van der Waals surface area contributed by atoms with E-state index >= 15 is 0 Å². The van der Waals surface area contributed by atoms with Gasteiger partial charge < -0.3 is 0 Å². The molecule has 4 rings (SSSR count). The number of hydrogen-bond donors (Lipinski definition) is 0. The van der Waals surface area contributed by atoms with Crippen LogP contribution < -0.4 is 31.3 Å². The fraction of sp³-hybridized carbons (Fsp3) is 0.200. The van der Waals surface area contributed by atoms with Crippen LogP contribution in [0, 0.1) is 41.5 Å². The van der Waals surface area contributed by atoms with E-state index in [0.29, 0.717) is 0 Å². The molecule has 0 nitrogen and oxygen atoms in total. The zero-order valence-corrected chi connectivity index (χ0v) is 18.9. The van der Waals surface area contributed by atoms with Crippen LogP contribution in [-0.4, -0.2) is 0 Å². The second kappa shape index (κ2) is 7.95. The summed E-state index contributed by atoms with van der Waals surface area (Å²) in [7, 11) is 0. The third kappa shape index (κ3) is 3.96. The molecule has 0 saturated carbocycles. The minimum absolute atomic E-state index is 1.26. The van der Waals surface area contributed by atoms with Gasteiger partial charge in [-0.3, -0.25) is 0 Å². The Morgan fingerprint density at radius 2 is 0.400 bits per heavy atom. The van der Waals surface area contributed by atoms with Gasteiger partial charge in [0.2, 0.25) is 0 Å². The third-order valence-electron chi connectivity index (χ3n) is 6.43. The molecule has 0 bridgehead atoms. The normalized spacial score (nSPS) is 19.4. The van der Waals surface area contributed by atoms with E-state index in [-0.39, 0.29) is 0 Å². The Labute approximate surface area is 179 Å². The smallest absolute Gasteiger partial charge is 0.0181 e. The van der Waals surface area contributed by atoms with Gasteiger partial charge in [-0.25, -0.2) is 0 Å². The van der Waals surface area contributed by atoms with Crippen LogP contribution in [0.1, 0.15) is 33.4 Å². The van der Waals surface area contributed by atoms with Gasteiger partial charge in [-0.1, -0.05) is 72.9 Å². The molecular formula is C30H30. The van der Waals surface area contributed by atoms with Gasteiger partial charge >= 0.3 is 0 Å². The van der Waals surface area contributed by atoms with Crippen molar-refractivity contribution in [2.75, 3.05) is 0 Å². The minimum Gasteiger partial charge on any atom is -0.0538 e. The minimum atomic E-state index is 1.26. The van der Waals surface area contributed by atoms with E-state index < -0.39 is 0 Å². The number of benzene rings is 3. The average Bonchev–Trinajstić information content (AvgIpc) is 2.70. The number of fused-ring (bicyclic) bond motifs is 3. The number of rotatable bonds is 0. The highest BCUT2D eigenvalue weighted by Gasteiger charge is 1.98. The maximum absolute atomic E-state index is 2.30. The summed E-state index contributed by atoms with van der Waals surface area (Å²) < 4.78 is 0. The lowest BCUT2D eigenvalue weighted by Gasteiger charge is -2.03. The predicted molar refractivity (Wildman–Crippen MR) is 132 cm³/mol. The maximum Gasteiger partial charge on any atom is -0.0181 e. The lowest BCUT2D eigenvalue weighted by atomic mass is 10.0. The van der Waals surface area contributed by atoms with Crippen LogP contribution in [-0.2, 0) is 0 Å². The maximum atomic E-state index is 2.30. The van der Waals surface area contributed by atoms with Crippen molar-refractivity contribution in [3.8, 4) is 0 Å². The quantitative estimate of drug-likeness (QED) is 0.554. The molecule has 150 valence electrons. The molecular weight excluding hydrogens is 360 g/mol. The highest BCUT2D eigenvalue weighted by Crippen LogP contribution is 2.01. The lowest BCUT2D eigenvalue weighted by Crippen LogP contribution is -2.30. The van der Waals surface area contributed by atoms with Crippen molar-refractivity contribution in [1.29, 1.82) is 0 Å². The summed E-state index contributed by atoms with van der Waals surface area (Å²) in [4.78, 5) is 0. The second-order valence-corrected chi connectivity index (χ2v) is 8.70. The third-order valence-corrected chi connectivity index (χ3v) is 6.43. The van der Waals surface area contributed by atoms with E-state index in [1.165, 1.54) is 64.7 Å². The molecule has 0 atom stereocenters. The van der Waals surface area contributed by atoms with Gasteiger partial charge in [-0.15, -0.1) is 0 Å². The van der Waals surface area contributed by atoms with Crippen molar-refractivity contribution in [1.82, 2.24) is 0 Å². The number of aryl methyl sites for hydroxylation is 6. The standard InChI is InChI=1S/C30H30/c1-19-13-25-7-8-27-15-21(3)23(5)17-29(27)11-12-30-18-24(6)22(4)16-28(30)10-9-26(25)14-20(19)2/h7-18H,1-6H3/b8-7?,10-9?,12-11?,25-7-,26-9-,27-8-,28-10-,29-11-,30-12-. The molecule has 0 heterocycles. The van der Waals surface area contributed by atoms with Crippen LogP contribution in [0.3, 0.4) is 0 Å². The first-order valence-electron chi connectivity index (χ1n) is 10.7. The molecule has 0 aliphatic heterocycles. The zero-order valence-electron chi connectivity index (χ0n) is 18.9. The summed E-state index contributed by atoms with van der Waals surface area (Å²) in [5.41, 5.74) is 7.95. The van der Waals surface area contributed by atoms with Crippen LogP contribution in [0.15, 0.2) is 36.4 Å². The Bertz CT molecular complexity index is 1220. The van der Waals surface area contributed by atoms with E-state index in [0.717, 1.165) is 0 Å². The van der Waals surface area contributed by atoms with Crippen molar-refractivity contribution in [2.45, 2.75) is 41.5 Å². The van der Waals surface area contributed by atoms with Gasteiger partial charge in [0.25, 0.3) is 0 Å². The summed E-state index contributed by atoms with van der Waals surface area (Å²) in [6.45, 7) is 13.1. The first-order valence-corrected chi connectivity index (χ1v) is 10.7. The van der Waals surface area contributed by atoms with Gasteiger partial charge in [-0.05, 0) is 106 Å². The van der Waals surface area contributed by atoms with E-state index in [1.807, 2.05) is 0 Å². The molecule has 0 radical (unpaired) electrons. The molecule has 0 heteroatoms. The predicted octanol–water partition coefficient (Wildman–Crippen LogP) is 2.63. The van der Waals surface area contributed by atoms with Crippen molar-refractivity contribution >= 4 is 36.5 Å². The SMILES string of the molecule is Cc1cc2/c(cc1C)=C\C=c1\cc(C)c(C)c\c1=C\C=c1\cc(C)c(C)c\c1=C\C=2. The summed E-state index contributed by atoms with van der Waals surface area (Å²) in [6.07, 6.45) is 13.6. The van der Waals surface area contributed by atoms with E-state index in [9.17, 15) is 0 Å². The largest absolute Gasteiger partial charge is 0.0538 e. The summed E-state index contributed by atoms with van der Waals surface area (Å²) >= 11 is 0. The average molecular weight is 391 g/mol. The molecule has 1 aliphatic rings. The van der Waals surface area contributed by atoms with Crippen molar-refractivity contribution in [3.05, 3.63) is 101 Å². The van der Waals surface area contributed by atoms with Gasteiger partial charge in [0.15, 0.2) is 0 Å². The highest BCUT2D eigenvalue weighted by atomic mass is 14.0. The highest BCUT2D eigenvalue weighted by molar-refractivity contribution is 5.70. The van der Waals surface area contributed by atoms with Crippen LogP contribution in [0.4, 0.5) is 0 Å². The fourth-order valence-corrected chi connectivity index (χ4v) is 3.99. The molecule has 0 amide bonds. The van der Waals surface area contributed by atoms with E-state index in [2.05, 4.69) is 114 Å². The first-order chi connectivity index (χ1) is 14.3. The molecule has 0 saturated heterocycles. The lowest BCUT2D eigenvalue weighted by molar-refractivity contribution is 1.29. The van der Waals surface area contributed by atoms with Crippen molar-refractivity contribution in [2.24, 2.45) is 0 Å². The Hall–Kier alpha value is -3.12. The number of hydrogen-bond acceptors (Lipinski definition) is 0. The fourth-order valence-electron chi connectivity index (χ4n) is 3.99. The molecule has 0 fully saturated rings. The Morgan fingerprint density at radius 3 is 0.533 bits per heavy atom. The summed E-state index contributed by atoms with van der Waals surface area (Å²) in [5.74, 6) is 0. The molecule has 30 heavy (non-hydrogen) atoms. The summed E-state index contributed by atoms with van der Waals surface area (Å²) in [6, 6.07) is 13.8. The monoisotopic (exact) mass is 390 g/mol. The second-order valence-electron chi connectivity index (χ2n) is 8.70. The topological polar surface area (TPSA) is 0 Å². The Morgan fingerprint density at radius 1 is 0.267 bits per heavy atom. The Kier molecular flexibility index (Phi) is 5.35. The molecule has 3 aromatic rings. The molecule has 0 N–H and O–H groups in total. The first kappa shape index (κ1) is 20.2. The van der Waals surface area contributed by atoms with Gasteiger partial charge in [-0.2, -0.15) is 0 Å². The van der Waals surface area contributed by atoms with Gasteiger partial charge in [0.1, 0.15) is 0 Å². The van der Waals surface area contributed by atoms with Crippen molar-refractivity contribution < 1.29 is 0 Å². The van der Waals surface area contributed by atoms with Crippen molar-refractivity contribution in [3.63, 3.8) is 0 Å². The van der Waals surface area contributed by atoms with Crippen LogP contribution in [0.5, 0.6) is 0 Å². The van der Waals surface area contributed by atoms with E-state index in [4.69, 9.17) is 0 Å². The van der Waals surface area contributed by atoms with Crippen LogP contribution in [0.2, 0.25) is 0 Å². The van der Waals surface area contributed by atoms with E-state index in [1.54, 1.807) is 0 Å². The molecule has 0 aromatic heterocycles. The molecule has 0 spiro atoms. The Balaban J connectivity index is 2.25. The van der Waals surface area contributed by atoms with Crippen LogP contribution in [0.25, 0.3) is 36.5 Å². The molecule has 0 unspecified atom stereocenters. The van der Waals surface area contributed by atoms with Gasteiger partial charge in [0.05, 0.1) is 0 Å². The zero-order chi connectivity index (χ0) is 21.4. The summed E-state index contributed by atoms with van der Waals surface area (Å²) in [5, 5.41) is 7.55. The van der Waals surface area contributed by atoms with Gasteiger partial charge in [0, 0.05) is 0 Å². The molecule has 1 aliphatic carbocycles.